The van der Waals surface area contributed by atoms with Gasteiger partial charge in [0, 0.05) is 13.1 Å². The van der Waals surface area contributed by atoms with Gasteiger partial charge in [-0.25, -0.2) is 4.79 Å². The minimum Gasteiger partial charge on any atom is -0.445 e. The lowest BCUT2D eigenvalue weighted by Crippen LogP contribution is -2.69. The second-order valence-electron chi connectivity index (χ2n) is 7.22. The number of amides is 3. The Balaban J connectivity index is 1.58. The Morgan fingerprint density at radius 2 is 1.96 bits per heavy atom. The Morgan fingerprint density at radius 1 is 1.23 bits per heavy atom. The van der Waals surface area contributed by atoms with E-state index in [1.165, 1.54) is 4.90 Å². The quantitative estimate of drug-likeness (QED) is 0.881. The molecule has 7 nitrogen and oxygen atoms in total. The van der Waals surface area contributed by atoms with Gasteiger partial charge in [-0.1, -0.05) is 44.2 Å². The number of carbonyl (C=O) groups excluding carboxylic acids is 3. The van der Waals surface area contributed by atoms with Gasteiger partial charge in [-0.05, 0) is 17.9 Å². The first-order valence-electron chi connectivity index (χ1n) is 9.02. The van der Waals surface area contributed by atoms with Gasteiger partial charge < -0.3 is 19.9 Å². The molecule has 1 N–H and O–H groups in total. The monoisotopic (exact) mass is 359 g/mol. The molecule has 0 radical (unpaired) electrons. The molecule has 2 aliphatic heterocycles. The lowest BCUT2D eigenvalue weighted by atomic mass is 9.97. The highest BCUT2D eigenvalue weighted by molar-refractivity contribution is 5.97. The van der Waals surface area contributed by atoms with E-state index in [-0.39, 0.29) is 25.0 Å². The zero-order valence-corrected chi connectivity index (χ0v) is 15.2. The first-order valence-corrected chi connectivity index (χ1v) is 9.02. The molecule has 1 aromatic rings. The molecule has 2 atom stereocenters. The summed E-state index contributed by atoms with van der Waals surface area (Å²) in [6.07, 6.45) is 0.162. The molecule has 0 saturated carbocycles. The van der Waals surface area contributed by atoms with Crippen molar-refractivity contribution in [2.75, 3.05) is 19.6 Å². The third-order valence-corrected chi connectivity index (χ3v) is 4.75. The molecular formula is C19H25N3O4. The average molecular weight is 359 g/mol. The highest BCUT2D eigenvalue weighted by atomic mass is 16.6. The fourth-order valence-corrected chi connectivity index (χ4v) is 3.41. The van der Waals surface area contributed by atoms with Gasteiger partial charge in [-0.2, -0.15) is 0 Å². The van der Waals surface area contributed by atoms with E-state index in [4.69, 9.17) is 4.74 Å². The molecule has 140 valence electrons. The summed E-state index contributed by atoms with van der Waals surface area (Å²) in [5.74, 6) is 0.0615. The maximum absolute atomic E-state index is 12.6. The van der Waals surface area contributed by atoms with Crippen LogP contribution in [0.25, 0.3) is 0 Å². The Labute approximate surface area is 153 Å². The third kappa shape index (κ3) is 3.98. The summed E-state index contributed by atoms with van der Waals surface area (Å²) in [5, 5.41) is 2.81. The van der Waals surface area contributed by atoms with Crippen LogP contribution in [0, 0.1) is 5.92 Å². The van der Waals surface area contributed by atoms with Crippen molar-refractivity contribution in [3.63, 3.8) is 0 Å². The zero-order valence-electron chi connectivity index (χ0n) is 15.2. The molecule has 1 aromatic carbocycles. The third-order valence-electron chi connectivity index (χ3n) is 4.75. The number of rotatable bonds is 4. The van der Waals surface area contributed by atoms with Gasteiger partial charge in [-0.3, -0.25) is 9.59 Å². The van der Waals surface area contributed by atoms with Crippen LogP contribution in [0.4, 0.5) is 4.79 Å². The second kappa shape index (κ2) is 7.76. The fourth-order valence-electron chi connectivity index (χ4n) is 3.41. The number of hydrogen-bond donors (Lipinski definition) is 1. The van der Waals surface area contributed by atoms with Crippen LogP contribution in [0.2, 0.25) is 0 Å². The molecule has 0 unspecified atom stereocenters. The molecule has 0 spiro atoms. The van der Waals surface area contributed by atoms with Crippen LogP contribution < -0.4 is 5.32 Å². The number of piperazine rings is 2. The van der Waals surface area contributed by atoms with Crippen molar-refractivity contribution in [3.05, 3.63) is 35.9 Å². The first-order chi connectivity index (χ1) is 12.5. The minimum absolute atomic E-state index is 0.0550. The van der Waals surface area contributed by atoms with Crippen molar-refractivity contribution in [3.8, 4) is 0 Å². The van der Waals surface area contributed by atoms with E-state index < -0.39 is 18.2 Å². The van der Waals surface area contributed by atoms with Crippen LogP contribution in [0.15, 0.2) is 30.3 Å². The van der Waals surface area contributed by atoms with Gasteiger partial charge in [0.05, 0.1) is 6.54 Å². The van der Waals surface area contributed by atoms with E-state index in [0.717, 1.165) is 5.56 Å². The highest BCUT2D eigenvalue weighted by Gasteiger charge is 2.44. The molecule has 7 heteroatoms. The lowest BCUT2D eigenvalue weighted by Gasteiger charge is -2.45. The predicted octanol–water partition coefficient (Wildman–Crippen LogP) is 1.38. The first kappa shape index (κ1) is 18.2. The molecule has 3 rings (SSSR count). The van der Waals surface area contributed by atoms with Crippen molar-refractivity contribution in [2.45, 2.75) is 39.0 Å². The highest BCUT2D eigenvalue weighted by Crippen LogP contribution is 2.20. The summed E-state index contributed by atoms with van der Waals surface area (Å²) in [6, 6.07) is 8.33. The Hall–Kier alpha value is -2.57. The molecule has 2 fully saturated rings. The number of ether oxygens (including phenoxy) is 1. The smallest absolute Gasteiger partial charge is 0.410 e. The molecule has 2 aliphatic rings. The summed E-state index contributed by atoms with van der Waals surface area (Å²) >= 11 is 0. The summed E-state index contributed by atoms with van der Waals surface area (Å²) in [6.45, 7) is 5.12. The Kier molecular flexibility index (Phi) is 5.44. The normalized spacial score (nSPS) is 22.9. The van der Waals surface area contributed by atoms with Gasteiger partial charge in [0.15, 0.2) is 0 Å². The lowest BCUT2D eigenvalue weighted by molar-refractivity contribution is -0.152. The van der Waals surface area contributed by atoms with Gasteiger partial charge in [0.25, 0.3) is 0 Å². The van der Waals surface area contributed by atoms with E-state index in [1.54, 1.807) is 4.90 Å². The molecular weight excluding hydrogens is 334 g/mol. The summed E-state index contributed by atoms with van der Waals surface area (Å²) in [4.78, 5) is 40.5. The fraction of sp³-hybridized carbons (Fsp3) is 0.526. The Morgan fingerprint density at radius 3 is 2.65 bits per heavy atom. The van der Waals surface area contributed by atoms with Gasteiger partial charge in [0.1, 0.15) is 18.7 Å². The summed E-state index contributed by atoms with van der Waals surface area (Å²) in [5.41, 5.74) is 0.904. The molecule has 2 heterocycles. The molecule has 0 aromatic heterocycles. The van der Waals surface area contributed by atoms with Crippen molar-refractivity contribution < 1.29 is 19.1 Å². The van der Waals surface area contributed by atoms with Crippen LogP contribution >= 0.6 is 0 Å². The van der Waals surface area contributed by atoms with E-state index in [1.807, 2.05) is 44.2 Å². The van der Waals surface area contributed by atoms with Crippen LogP contribution in [-0.4, -0.2) is 59.4 Å². The van der Waals surface area contributed by atoms with E-state index in [2.05, 4.69) is 5.32 Å². The zero-order chi connectivity index (χ0) is 18.7. The number of benzene rings is 1. The number of nitrogens with zero attached hydrogens (tertiary/aromatic N) is 2. The van der Waals surface area contributed by atoms with Gasteiger partial charge in [-0.15, -0.1) is 0 Å². The topological polar surface area (TPSA) is 79.0 Å². The van der Waals surface area contributed by atoms with Gasteiger partial charge in [0.2, 0.25) is 11.8 Å². The SMILES string of the molecule is CC(C)C[C@H]1NC(=O)[C@H]2CN(C(=O)OCc3ccccc3)CCN2C1=O. The van der Waals surface area contributed by atoms with Crippen LogP contribution in [0.5, 0.6) is 0 Å². The number of carbonyl (C=O) groups is 3. The largest absolute Gasteiger partial charge is 0.445 e. The van der Waals surface area contributed by atoms with Crippen molar-refractivity contribution in [1.82, 2.24) is 15.1 Å². The van der Waals surface area contributed by atoms with Crippen molar-refractivity contribution in [1.29, 1.82) is 0 Å². The molecule has 26 heavy (non-hydrogen) atoms. The maximum atomic E-state index is 12.6. The molecule has 3 amide bonds. The van der Waals surface area contributed by atoms with Crippen molar-refractivity contribution in [2.24, 2.45) is 5.92 Å². The van der Waals surface area contributed by atoms with E-state index >= 15 is 0 Å². The average Bonchev–Trinajstić information content (AvgIpc) is 2.64. The summed E-state index contributed by atoms with van der Waals surface area (Å²) in [7, 11) is 0. The second-order valence-corrected chi connectivity index (χ2v) is 7.22. The van der Waals surface area contributed by atoms with Crippen LogP contribution in [-0.2, 0) is 20.9 Å². The van der Waals surface area contributed by atoms with Crippen LogP contribution in [0.1, 0.15) is 25.8 Å². The maximum Gasteiger partial charge on any atom is 0.410 e. The Bertz CT molecular complexity index is 677. The predicted molar refractivity (Wildman–Crippen MR) is 95.1 cm³/mol. The van der Waals surface area contributed by atoms with Crippen LogP contribution in [0.3, 0.4) is 0 Å². The molecule has 2 saturated heterocycles. The standard InChI is InChI=1S/C19H25N3O4/c1-13(2)10-15-18(24)22-9-8-21(11-16(22)17(23)20-15)19(25)26-12-14-6-4-3-5-7-14/h3-7,13,15-16H,8-12H2,1-2H3,(H,20,23)/t15-,16-/m1/s1. The van der Waals surface area contributed by atoms with Gasteiger partial charge >= 0.3 is 6.09 Å². The molecule has 0 aliphatic carbocycles. The number of nitrogens with one attached hydrogen (secondary N) is 1. The summed E-state index contributed by atoms with van der Waals surface area (Å²) < 4.78 is 5.33. The van der Waals surface area contributed by atoms with E-state index in [9.17, 15) is 14.4 Å². The van der Waals surface area contributed by atoms with Crippen molar-refractivity contribution >= 4 is 17.9 Å². The number of fused-ring (bicyclic) bond motifs is 1. The molecule has 0 bridgehead atoms. The minimum atomic E-state index is -0.635. The van der Waals surface area contributed by atoms with E-state index in [0.29, 0.717) is 25.4 Å². The number of hydrogen-bond acceptors (Lipinski definition) is 4.